The van der Waals surface area contributed by atoms with Crippen LogP contribution in [-0.4, -0.2) is 23.9 Å². The summed E-state index contributed by atoms with van der Waals surface area (Å²) in [5.74, 6) is 3.91. The first kappa shape index (κ1) is 18.7. The second-order valence-electron chi connectivity index (χ2n) is 8.53. The van der Waals surface area contributed by atoms with E-state index in [1.807, 2.05) is 12.1 Å². The van der Waals surface area contributed by atoms with Gasteiger partial charge in [-0.2, -0.15) is 0 Å². The minimum absolute atomic E-state index is 0.138. The molecule has 1 N–H and O–H groups in total. The van der Waals surface area contributed by atoms with Gasteiger partial charge in [0.15, 0.2) is 0 Å². The third-order valence-corrected chi connectivity index (χ3v) is 6.99. The van der Waals surface area contributed by atoms with Crippen molar-refractivity contribution in [3.8, 4) is 5.75 Å². The Balaban J connectivity index is 1.44. The van der Waals surface area contributed by atoms with Gasteiger partial charge in [-0.15, -0.1) is 5.06 Å². The van der Waals surface area contributed by atoms with Gasteiger partial charge < -0.3 is 14.7 Å². The van der Waals surface area contributed by atoms with Crippen LogP contribution in [0.15, 0.2) is 65.9 Å². The van der Waals surface area contributed by atoms with Crippen molar-refractivity contribution in [3.63, 3.8) is 0 Å². The maximum absolute atomic E-state index is 9.64. The van der Waals surface area contributed by atoms with Crippen LogP contribution in [0.4, 0.5) is 0 Å². The van der Waals surface area contributed by atoms with Gasteiger partial charge in [0.05, 0.1) is 19.7 Å². The van der Waals surface area contributed by atoms with Crippen molar-refractivity contribution in [2.75, 3.05) is 13.7 Å². The highest BCUT2D eigenvalue weighted by Gasteiger charge is 2.50. The molecule has 2 aromatic carbocycles. The lowest BCUT2D eigenvalue weighted by molar-refractivity contribution is -0.130. The number of ether oxygens (including phenoxy) is 1. The monoisotopic (exact) mass is 391 g/mol. The Bertz CT molecular complexity index is 877. The molecule has 3 aliphatic rings. The standard InChI is InChI=1S/C25H29NO3/c1-28-19-9-7-18(8-10-19)25-22-12-11-20-21(23(20)16-27)13-14-24(22)29-26(25)15-17-5-3-2-4-6-17/h2-10,20-21,23,25,27H,11-16H2,1H3. The molecule has 0 saturated heterocycles. The summed E-state index contributed by atoms with van der Waals surface area (Å²) in [6.45, 7) is 1.10. The van der Waals surface area contributed by atoms with Crippen LogP contribution in [0.2, 0.25) is 0 Å². The van der Waals surface area contributed by atoms with Crippen LogP contribution < -0.4 is 4.74 Å². The minimum atomic E-state index is 0.138. The maximum Gasteiger partial charge on any atom is 0.125 e. The van der Waals surface area contributed by atoms with Gasteiger partial charge in [-0.1, -0.05) is 42.5 Å². The van der Waals surface area contributed by atoms with Crippen LogP contribution in [0.3, 0.4) is 0 Å². The Kier molecular flexibility index (Phi) is 5.06. The average molecular weight is 392 g/mol. The van der Waals surface area contributed by atoms with Gasteiger partial charge in [0.1, 0.15) is 11.5 Å². The molecule has 29 heavy (non-hydrogen) atoms. The zero-order chi connectivity index (χ0) is 19.8. The molecule has 2 aliphatic carbocycles. The quantitative estimate of drug-likeness (QED) is 0.790. The van der Waals surface area contributed by atoms with E-state index in [0.29, 0.717) is 24.4 Å². The molecule has 152 valence electrons. The zero-order valence-electron chi connectivity index (χ0n) is 17.0. The summed E-state index contributed by atoms with van der Waals surface area (Å²) in [5, 5.41) is 11.8. The van der Waals surface area contributed by atoms with Gasteiger partial charge in [0.25, 0.3) is 0 Å². The zero-order valence-corrected chi connectivity index (χ0v) is 17.0. The Morgan fingerprint density at radius 2 is 1.72 bits per heavy atom. The van der Waals surface area contributed by atoms with E-state index in [0.717, 1.165) is 43.7 Å². The fourth-order valence-corrected chi connectivity index (χ4v) is 5.37. The summed E-state index contributed by atoms with van der Waals surface area (Å²) in [6.07, 6.45) is 4.31. The largest absolute Gasteiger partial charge is 0.497 e. The highest BCUT2D eigenvalue weighted by Crippen LogP contribution is 2.56. The number of hydrogen-bond donors (Lipinski definition) is 1. The summed E-state index contributed by atoms with van der Waals surface area (Å²) in [6, 6.07) is 19.1. The molecule has 4 unspecified atom stereocenters. The molecule has 0 bridgehead atoms. The fraction of sp³-hybridized carbons (Fsp3) is 0.440. The number of benzene rings is 2. The maximum atomic E-state index is 9.64. The molecule has 1 saturated carbocycles. The van der Waals surface area contributed by atoms with E-state index in [-0.39, 0.29) is 6.04 Å². The molecule has 0 amide bonds. The molecule has 0 aromatic heterocycles. The van der Waals surface area contributed by atoms with E-state index in [2.05, 4.69) is 47.5 Å². The number of methoxy groups -OCH3 is 1. The molecule has 4 nitrogen and oxygen atoms in total. The molecule has 4 heteroatoms. The summed E-state index contributed by atoms with van der Waals surface area (Å²) >= 11 is 0. The number of hydroxylamine groups is 2. The predicted molar refractivity (Wildman–Crippen MR) is 112 cm³/mol. The van der Waals surface area contributed by atoms with Crippen LogP contribution in [0.25, 0.3) is 0 Å². The van der Waals surface area contributed by atoms with Crippen LogP contribution in [0.5, 0.6) is 5.75 Å². The van der Waals surface area contributed by atoms with Crippen molar-refractivity contribution in [1.82, 2.24) is 5.06 Å². The first-order valence-corrected chi connectivity index (χ1v) is 10.7. The second-order valence-corrected chi connectivity index (χ2v) is 8.53. The van der Waals surface area contributed by atoms with Gasteiger partial charge in [-0.25, -0.2) is 0 Å². The van der Waals surface area contributed by atoms with Crippen molar-refractivity contribution in [3.05, 3.63) is 77.1 Å². The van der Waals surface area contributed by atoms with Crippen molar-refractivity contribution in [2.24, 2.45) is 17.8 Å². The Morgan fingerprint density at radius 1 is 1.00 bits per heavy atom. The summed E-state index contributed by atoms with van der Waals surface area (Å²) in [5.41, 5.74) is 3.93. The van der Waals surface area contributed by atoms with Crippen molar-refractivity contribution in [1.29, 1.82) is 0 Å². The Hall–Kier alpha value is -2.30. The van der Waals surface area contributed by atoms with Gasteiger partial charge >= 0.3 is 0 Å². The lowest BCUT2D eigenvalue weighted by Gasteiger charge is -2.25. The first-order valence-electron chi connectivity index (χ1n) is 10.7. The first-order chi connectivity index (χ1) is 14.3. The minimum Gasteiger partial charge on any atom is -0.497 e. The number of nitrogens with zero attached hydrogens (tertiary/aromatic N) is 1. The molecule has 4 atom stereocenters. The van der Waals surface area contributed by atoms with E-state index in [1.165, 1.54) is 16.7 Å². The van der Waals surface area contributed by atoms with Gasteiger partial charge in [0.2, 0.25) is 0 Å². The third kappa shape index (κ3) is 3.56. The van der Waals surface area contributed by atoms with Crippen LogP contribution in [-0.2, 0) is 11.4 Å². The summed E-state index contributed by atoms with van der Waals surface area (Å²) in [7, 11) is 1.70. The van der Waals surface area contributed by atoms with E-state index in [1.54, 1.807) is 7.11 Å². The number of fused-ring (bicyclic) bond motifs is 1. The normalized spacial score (nSPS) is 28.8. The highest BCUT2D eigenvalue weighted by molar-refractivity contribution is 5.36. The van der Waals surface area contributed by atoms with Gasteiger partial charge in [0, 0.05) is 13.0 Å². The smallest absolute Gasteiger partial charge is 0.125 e. The molecule has 1 fully saturated rings. The van der Waals surface area contributed by atoms with Crippen LogP contribution in [0.1, 0.15) is 42.9 Å². The summed E-state index contributed by atoms with van der Waals surface area (Å²) in [4.78, 5) is 6.48. The molecule has 5 rings (SSSR count). The SMILES string of the molecule is COc1ccc(C2C3=C(CCC4C(CO)C4CC3)ON2Cc2ccccc2)cc1. The van der Waals surface area contributed by atoms with Crippen molar-refractivity contribution in [2.45, 2.75) is 38.3 Å². The van der Waals surface area contributed by atoms with Gasteiger partial charge in [-0.3, -0.25) is 0 Å². The highest BCUT2D eigenvalue weighted by atomic mass is 16.7. The topological polar surface area (TPSA) is 41.9 Å². The Morgan fingerprint density at radius 3 is 2.41 bits per heavy atom. The molecule has 1 aliphatic heterocycles. The fourth-order valence-electron chi connectivity index (χ4n) is 5.37. The van der Waals surface area contributed by atoms with Crippen LogP contribution >= 0.6 is 0 Å². The van der Waals surface area contributed by atoms with Gasteiger partial charge in [-0.05, 0) is 65.8 Å². The van der Waals surface area contributed by atoms with Crippen LogP contribution in [0, 0.1) is 17.8 Å². The lowest BCUT2D eigenvalue weighted by atomic mass is 9.90. The van der Waals surface area contributed by atoms with E-state index in [9.17, 15) is 5.11 Å². The third-order valence-electron chi connectivity index (χ3n) is 6.99. The number of allylic oxidation sites excluding steroid dienone is 1. The predicted octanol–water partition coefficient (Wildman–Crippen LogP) is 4.87. The lowest BCUT2D eigenvalue weighted by Crippen LogP contribution is -2.24. The molecule has 0 spiro atoms. The molecule has 1 heterocycles. The number of aliphatic hydroxyl groups is 1. The average Bonchev–Trinajstić information content (AvgIpc) is 3.32. The number of rotatable bonds is 5. The second kappa shape index (κ2) is 7.85. The van der Waals surface area contributed by atoms with Crippen molar-refractivity contribution < 1.29 is 14.7 Å². The number of aliphatic hydroxyl groups excluding tert-OH is 1. The molecule has 2 aromatic rings. The van der Waals surface area contributed by atoms with Crippen molar-refractivity contribution >= 4 is 0 Å². The number of hydrogen-bond acceptors (Lipinski definition) is 4. The molecular weight excluding hydrogens is 362 g/mol. The van der Waals surface area contributed by atoms with E-state index >= 15 is 0 Å². The van der Waals surface area contributed by atoms with E-state index < -0.39 is 0 Å². The molecule has 0 radical (unpaired) electrons. The Labute approximate surface area is 172 Å². The van der Waals surface area contributed by atoms with E-state index in [4.69, 9.17) is 9.57 Å². The molecular formula is C25H29NO3. The summed E-state index contributed by atoms with van der Waals surface area (Å²) < 4.78 is 5.36.